The number of nitrogens with one attached hydrogen (secondary N) is 1. The number of benzene rings is 3. The van der Waals surface area contributed by atoms with Gasteiger partial charge in [-0.05, 0) is 41.5 Å². The molecule has 0 unspecified atom stereocenters. The molecule has 3 aromatic rings. The third kappa shape index (κ3) is 3.58. The van der Waals surface area contributed by atoms with E-state index in [-0.39, 0.29) is 6.04 Å². The lowest BCUT2D eigenvalue weighted by molar-refractivity contribution is -0.136. The molecule has 0 aliphatic rings. The van der Waals surface area contributed by atoms with Gasteiger partial charge in [0.2, 0.25) is 0 Å². The smallest absolute Gasteiger partial charge is 0.379 e. The first-order valence-corrected chi connectivity index (χ1v) is 7.72. The molecule has 0 amide bonds. The van der Waals surface area contributed by atoms with Gasteiger partial charge in [-0.15, -0.1) is 0 Å². The summed E-state index contributed by atoms with van der Waals surface area (Å²) < 4.78 is 39.2. The number of anilines is 1. The Labute approximate surface area is 143 Å². The Hall–Kier alpha value is -3.00. The van der Waals surface area contributed by atoms with Crippen LogP contribution in [0.3, 0.4) is 0 Å². The summed E-state index contributed by atoms with van der Waals surface area (Å²) in [5, 5.41) is 5.27. The number of hydrogen-bond donors (Lipinski definition) is 1. The van der Waals surface area contributed by atoms with Crippen LogP contribution in [-0.4, -0.2) is 0 Å². The van der Waals surface area contributed by atoms with Gasteiger partial charge in [-0.25, -0.2) is 4.85 Å². The molecule has 1 N–H and O–H groups in total. The van der Waals surface area contributed by atoms with Crippen molar-refractivity contribution in [1.82, 2.24) is 0 Å². The van der Waals surface area contributed by atoms with Gasteiger partial charge in [0.15, 0.2) is 5.69 Å². The number of halogens is 3. The molecule has 0 radical (unpaired) electrons. The van der Waals surface area contributed by atoms with Gasteiger partial charge < -0.3 is 5.32 Å². The highest BCUT2D eigenvalue weighted by molar-refractivity contribution is 5.83. The largest absolute Gasteiger partial charge is 0.407 e. The fourth-order valence-corrected chi connectivity index (χ4v) is 2.76. The normalized spacial score (nSPS) is 12.6. The van der Waals surface area contributed by atoms with Gasteiger partial charge in [-0.1, -0.05) is 42.5 Å². The summed E-state index contributed by atoms with van der Waals surface area (Å²) in [4.78, 5) is 2.95. The highest BCUT2D eigenvalue weighted by Crippen LogP contribution is 2.38. The van der Waals surface area contributed by atoms with Gasteiger partial charge in [0, 0.05) is 11.7 Å². The molecule has 0 bridgehead atoms. The molecule has 0 spiro atoms. The van der Waals surface area contributed by atoms with E-state index in [2.05, 4.69) is 10.2 Å². The fourth-order valence-electron chi connectivity index (χ4n) is 2.76. The van der Waals surface area contributed by atoms with Gasteiger partial charge >= 0.3 is 6.18 Å². The summed E-state index contributed by atoms with van der Waals surface area (Å²) in [7, 11) is 0. The minimum absolute atomic E-state index is 0.176. The van der Waals surface area contributed by atoms with Gasteiger partial charge in [0.25, 0.3) is 0 Å². The molecule has 0 aromatic heterocycles. The molecule has 5 heteroatoms. The molecule has 25 heavy (non-hydrogen) atoms. The Morgan fingerprint density at radius 3 is 2.36 bits per heavy atom. The van der Waals surface area contributed by atoms with E-state index in [1.165, 1.54) is 12.1 Å². The Morgan fingerprint density at radius 2 is 1.68 bits per heavy atom. The molecule has 0 saturated heterocycles. The summed E-state index contributed by atoms with van der Waals surface area (Å²) in [5.74, 6) is 0. The predicted octanol–water partition coefficient (Wildman–Crippen LogP) is 6.58. The molecular formula is C20H15F3N2. The molecule has 2 nitrogen and oxygen atoms in total. The second-order valence-corrected chi connectivity index (χ2v) is 5.81. The molecule has 126 valence electrons. The SMILES string of the molecule is [C-]#[N+]c1ccc(N[C@H](C)c2ccc3ccccc3c2)cc1C(F)(F)F. The molecule has 0 heterocycles. The standard InChI is InChI=1S/C20H15F3N2/c1-13(15-8-7-14-5-3-4-6-16(14)11-15)25-17-9-10-19(24-2)18(12-17)20(21,22)23/h3-13,25H,1H3/t13-/m1/s1. The van der Waals surface area contributed by atoms with Crippen LogP contribution in [0.5, 0.6) is 0 Å². The van der Waals surface area contributed by atoms with Crippen LogP contribution in [0.2, 0.25) is 0 Å². The van der Waals surface area contributed by atoms with Crippen LogP contribution in [0.4, 0.5) is 24.5 Å². The molecule has 0 aliphatic carbocycles. The Balaban J connectivity index is 1.89. The van der Waals surface area contributed by atoms with Crippen molar-refractivity contribution in [2.75, 3.05) is 5.32 Å². The topological polar surface area (TPSA) is 16.4 Å². The van der Waals surface area contributed by atoms with E-state index in [0.29, 0.717) is 5.69 Å². The molecule has 3 aromatic carbocycles. The Kier molecular flexibility index (Phi) is 4.37. The minimum Gasteiger partial charge on any atom is -0.379 e. The van der Waals surface area contributed by atoms with Crippen LogP contribution in [0.15, 0.2) is 60.7 Å². The van der Waals surface area contributed by atoms with Crippen LogP contribution in [0.25, 0.3) is 15.6 Å². The van der Waals surface area contributed by atoms with Gasteiger partial charge in [-0.2, -0.15) is 13.2 Å². The maximum absolute atomic E-state index is 13.1. The molecule has 0 saturated carbocycles. The number of rotatable bonds is 3. The Morgan fingerprint density at radius 1 is 0.960 bits per heavy atom. The van der Waals surface area contributed by atoms with Crippen molar-refractivity contribution in [2.24, 2.45) is 0 Å². The zero-order valence-corrected chi connectivity index (χ0v) is 13.4. The van der Waals surface area contributed by atoms with Crippen molar-refractivity contribution in [1.29, 1.82) is 0 Å². The predicted molar refractivity (Wildman–Crippen MR) is 93.7 cm³/mol. The first-order chi connectivity index (χ1) is 11.9. The van der Waals surface area contributed by atoms with Gasteiger partial charge in [0.1, 0.15) is 0 Å². The average molecular weight is 340 g/mol. The first kappa shape index (κ1) is 16.8. The lowest BCUT2D eigenvalue weighted by atomic mass is 10.0. The quantitative estimate of drug-likeness (QED) is 0.533. The zero-order chi connectivity index (χ0) is 18.0. The van der Waals surface area contributed by atoms with E-state index in [1.807, 2.05) is 49.4 Å². The van der Waals surface area contributed by atoms with E-state index >= 15 is 0 Å². The average Bonchev–Trinajstić information content (AvgIpc) is 2.60. The maximum Gasteiger partial charge on any atom is 0.407 e. The Bertz CT molecular complexity index is 955. The van der Waals surface area contributed by atoms with E-state index in [0.717, 1.165) is 22.4 Å². The van der Waals surface area contributed by atoms with Crippen molar-refractivity contribution < 1.29 is 13.2 Å². The van der Waals surface area contributed by atoms with Gasteiger partial charge in [0.05, 0.1) is 12.1 Å². The molecule has 0 aliphatic heterocycles. The van der Waals surface area contributed by atoms with Crippen molar-refractivity contribution in [2.45, 2.75) is 19.1 Å². The third-order valence-electron chi connectivity index (χ3n) is 4.08. The van der Waals surface area contributed by atoms with Crippen LogP contribution >= 0.6 is 0 Å². The van der Waals surface area contributed by atoms with E-state index in [4.69, 9.17) is 6.57 Å². The lowest BCUT2D eigenvalue weighted by Gasteiger charge is -2.18. The van der Waals surface area contributed by atoms with Gasteiger partial charge in [-0.3, -0.25) is 0 Å². The second-order valence-electron chi connectivity index (χ2n) is 5.81. The first-order valence-electron chi connectivity index (χ1n) is 7.72. The number of alkyl halides is 3. The van der Waals surface area contributed by atoms with Crippen LogP contribution in [0, 0.1) is 6.57 Å². The molecule has 1 atom stereocenters. The van der Waals surface area contributed by atoms with Crippen molar-refractivity contribution in [3.63, 3.8) is 0 Å². The summed E-state index contributed by atoms with van der Waals surface area (Å²) in [6.45, 7) is 8.78. The number of hydrogen-bond acceptors (Lipinski definition) is 1. The molecule has 0 fully saturated rings. The van der Waals surface area contributed by atoms with Crippen molar-refractivity contribution in [3.05, 3.63) is 83.2 Å². The van der Waals surface area contributed by atoms with Crippen LogP contribution in [-0.2, 0) is 6.18 Å². The number of fused-ring (bicyclic) bond motifs is 1. The summed E-state index contributed by atoms with van der Waals surface area (Å²) in [6.07, 6.45) is -4.55. The third-order valence-corrected chi connectivity index (χ3v) is 4.08. The monoisotopic (exact) mass is 340 g/mol. The van der Waals surface area contributed by atoms with E-state index in [9.17, 15) is 13.2 Å². The van der Waals surface area contributed by atoms with Crippen LogP contribution in [0.1, 0.15) is 24.1 Å². The van der Waals surface area contributed by atoms with Crippen molar-refractivity contribution in [3.8, 4) is 0 Å². The minimum atomic E-state index is -4.55. The fraction of sp³-hybridized carbons (Fsp3) is 0.150. The molecular weight excluding hydrogens is 325 g/mol. The van der Waals surface area contributed by atoms with Crippen molar-refractivity contribution >= 4 is 22.1 Å². The molecule has 3 rings (SSSR count). The number of nitrogens with zero attached hydrogens (tertiary/aromatic N) is 1. The highest BCUT2D eigenvalue weighted by Gasteiger charge is 2.33. The lowest BCUT2D eigenvalue weighted by Crippen LogP contribution is -2.09. The zero-order valence-electron chi connectivity index (χ0n) is 13.4. The van der Waals surface area contributed by atoms with Crippen LogP contribution < -0.4 is 5.32 Å². The highest BCUT2D eigenvalue weighted by atomic mass is 19.4. The second kappa shape index (κ2) is 6.48. The summed E-state index contributed by atoms with van der Waals surface area (Å²) in [5.41, 5.74) is -0.00322. The van der Waals surface area contributed by atoms with E-state index < -0.39 is 17.4 Å². The summed E-state index contributed by atoms with van der Waals surface area (Å²) in [6, 6.07) is 17.4. The summed E-state index contributed by atoms with van der Waals surface area (Å²) >= 11 is 0. The maximum atomic E-state index is 13.1. The van der Waals surface area contributed by atoms with E-state index in [1.54, 1.807) is 0 Å².